The number of carbonyl (C=O) groups is 1. The molecule has 128 valence electrons. The van der Waals surface area contributed by atoms with Crippen molar-refractivity contribution in [1.82, 2.24) is 5.32 Å². The molecule has 2 aromatic rings. The molecule has 5 heteroatoms. The van der Waals surface area contributed by atoms with Crippen LogP contribution in [0.2, 0.25) is 0 Å². The zero-order valence-corrected chi connectivity index (χ0v) is 14.5. The van der Waals surface area contributed by atoms with E-state index in [1.165, 1.54) is 0 Å². The molecular formula is C19H23NO4. The minimum atomic E-state index is -0.143. The quantitative estimate of drug-likeness (QED) is 0.848. The SMILES string of the molecule is COc1ccc(CCNC(=O)c2cc(C)ccc2OC)cc1OC. The minimum absolute atomic E-state index is 0.143. The van der Waals surface area contributed by atoms with Crippen molar-refractivity contribution in [2.24, 2.45) is 0 Å². The summed E-state index contributed by atoms with van der Waals surface area (Å²) in [5, 5.41) is 2.92. The van der Waals surface area contributed by atoms with E-state index in [9.17, 15) is 4.79 Å². The van der Waals surface area contributed by atoms with Crippen molar-refractivity contribution in [1.29, 1.82) is 0 Å². The van der Waals surface area contributed by atoms with Crippen molar-refractivity contribution < 1.29 is 19.0 Å². The van der Waals surface area contributed by atoms with Gasteiger partial charge in [-0.15, -0.1) is 0 Å². The van der Waals surface area contributed by atoms with Gasteiger partial charge in [0, 0.05) is 6.54 Å². The maximum atomic E-state index is 12.4. The molecule has 0 spiro atoms. The van der Waals surface area contributed by atoms with Gasteiger partial charge >= 0.3 is 0 Å². The van der Waals surface area contributed by atoms with Crippen LogP contribution < -0.4 is 19.5 Å². The van der Waals surface area contributed by atoms with Crippen LogP contribution in [0.1, 0.15) is 21.5 Å². The lowest BCUT2D eigenvalue weighted by Gasteiger charge is -2.11. The van der Waals surface area contributed by atoms with E-state index in [2.05, 4.69) is 5.32 Å². The Morgan fingerprint density at radius 2 is 1.58 bits per heavy atom. The van der Waals surface area contributed by atoms with Gasteiger partial charge in [0.05, 0.1) is 26.9 Å². The highest BCUT2D eigenvalue weighted by Crippen LogP contribution is 2.27. The Bertz CT molecular complexity index is 713. The van der Waals surface area contributed by atoms with Crippen LogP contribution in [0.3, 0.4) is 0 Å². The van der Waals surface area contributed by atoms with Crippen LogP contribution in [0.15, 0.2) is 36.4 Å². The van der Waals surface area contributed by atoms with Gasteiger partial charge in [-0.05, 0) is 43.2 Å². The molecule has 2 aromatic carbocycles. The van der Waals surface area contributed by atoms with Crippen LogP contribution in [0.5, 0.6) is 17.2 Å². The Balaban J connectivity index is 1.99. The molecule has 2 rings (SSSR count). The average Bonchev–Trinajstić information content (AvgIpc) is 2.61. The second kappa shape index (κ2) is 8.24. The molecule has 0 unspecified atom stereocenters. The zero-order chi connectivity index (χ0) is 17.5. The number of benzene rings is 2. The van der Waals surface area contributed by atoms with Crippen LogP contribution in [-0.4, -0.2) is 33.8 Å². The Kier molecular flexibility index (Phi) is 6.07. The topological polar surface area (TPSA) is 56.8 Å². The molecular weight excluding hydrogens is 306 g/mol. The first-order valence-corrected chi connectivity index (χ1v) is 7.72. The lowest BCUT2D eigenvalue weighted by atomic mass is 10.1. The molecule has 1 N–H and O–H groups in total. The maximum absolute atomic E-state index is 12.4. The smallest absolute Gasteiger partial charge is 0.255 e. The number of hydrogen-bond donors (Lipinski definition) is 1. The van der Waals surface area contributed by atoms with Gasteiger partial charge in [-0.3, -0.25) is 4.79 Å². The lowest BCUT2D eigenvalue weighted by molar-refractivity contribution is 0.0951. The summed E-state index contributed by atoms with van der Waals surface area (Å²) in [4.78, 5) is 12.4. The van der Waals surface area contributed by atoms with E-state index in [0.29, 0.717) is 35.8 Å². The highest BCUT2D eigenvalue weighted by atomic mass is 16.5. The van der Waals surface area contributed by atoms with E-state index >= 15 is 0 Å². The summed E-state index contributed by atoms with van der Waals surface area (Å²) in [6.07, 6.45) is 0.695. The molecule has 0 radical (unpaired) electrons. The Morgan fingerprint density at radius 1 is 0.917 bits per heavy atom. The van der Waals surface area contributed by atoms with Crippen molar-refractivity contribution in [2.75, 3.05) is 27.9 Å². The van der Waals surface area contributed by atoms with Crippen molar-refractivity contribution in [3.05, 3.63) is 53.1 Å². The molecule has 1 amide bonds. The fourth-order valence-electron chi connectivity index (χ4n) is 2.45. The highest BCUT2D eigenvalue weighted by Gasteiger charge is 2.12. The minimum Gasteiger partial charge on any atom is -0.496 e. The van der Waals surface area contributed by atoms with Crippen molar-refractivity contribution in [2.45, 2.75) is 13.3 Å². The predicted octanol–water partition coefficient (Wildman–Crippen LogP) is 2.99. The van der Waals surface area contributed by atoms with Crippen LogP contribution in [0.4, 0.5) is 0 Å². The molecule has 0 fully saturated rings. The molecule has 0 aliphatic carbocycles. The number of nitrogens with one attached hydrogen (secondary N) is 1. The summed E-state index contributed by atoms with van der Waals surface area (Å²) in [5.41, 5.74) is 2.62. The van der Waals surface area contributed by atoms with E-state index in [-0.39, 0.29) is 5.91 Å². The van der Waals surface area contributed by atoms with Gasteiger partial charge in [0.25, 0.3) is 5.91 Å². The normalized spacial score (nSPS) is 10.2. The Morgan fingerprint density at radius 3 is 2.25 bits per heavy atom. The van der Waals surface area contributed by atoms with Gasteiger partial charge in [0.2, 0.25) is 0 Å². The van der Waals surface area contributed by atoms with Crippen molar-refractivity contribution in [3.63, 3.8) is 0 Å². The summed E-state index contributed by atoms with van der Waals surface area (Å²) in [6.45, 7) is 2.46. The Hall–Kier alpha value is -2.69. The number of amides is 1. The molecule has 0 aliphatic heterocycles. The van der Waals surface area contributed by atoms with Crippen LogP contribution in [0.25, 0.3) is 0 Å². The van der Waals surface area contributed by atoms with Gasteiger partial charge < -0.3 is 19.5 Å². The van der Waals surface area contributed by atoms with E-state index in [4.69, 9.17) is 14.2 Å². The third kappa shape index (κ3) is 4.19. The highest BCUT2D eigenvalue weighted by molar-refractivity contribution is 5.97. The number of hydrogen-bond acceptors (Lipinski definition) is 4. The Labute approximate surface area is 142 Å². The molecule has 5 nitrogen and oxygen atoms in total. The molecule has 0 heterocycles. The molecule has 0 aromatic heterocycles. The number of ether oxygens (including phenoxy) is 3. The number of carbonyl (C=O) groups excluding carboxylic acids is 1. The van der Waals surface area contributed by atoms with E-state index in [1.807, 2.05) is 37.3 Å². The first kappa shape index (κ1) is 17.7. The number of aryl methyl sites for hydroxylation is 1. The van der Waals surface area contributed by atoms with Crippen molar-refractivity contribution in [3.8, 4) is 17.2 Å². The van der Waals surface area contributed by atoms with E-state index < -0.39 is 0 Å². The lowest BCUT2D eigenvalue weighted by Crippen LogP contribution is -2.26. The second-order valence-electron chi connectivity index (χ2n) is 5.40. The molecule has 0 saturated carbocycles. The number of rotatable bonds is 7. The molecule has 0 saturated heterocycles. The predicted molar refractivity (Wildman–Crippen MR) is 93.3 cm³/mol. The summed E-state index contributed by atoms with van der Waals surface area (Å²) in [7, 11) is 4.77. The average molecular weight is 329 g/mol. The van der Waals surface area contributed by atoms with E-state index in [0.717, 1.165) is 11.1 Å². The zero-order valence-electron chi connectivity index (χ0n) is 14.5. The second-order valence-corrected chi connectivity index (χ2v) is 5.40. The van der Waals surface area contributed by atoms with Gasteiger partial charge in [-0.2, -0.15) is 0 Å². The molecule has 24 heavy (non-hydrogen) atoms. The van der Waals surface area contributed by atoms with Crippen LogP contribution >= 0.6 is 0 Å². The van der Waals surface area contributed by atoms with Gasteiger partial charge in [-0.25, -0.2) is 0 Å². The third-order valence-electron chi connectivity index (χ3n) is 3.75. The van der Waals surface area contributed by atoms with E-state index in [1.54, 1.807) is 27.4 Å². The maximum Gasteiger partial charge on any atom is 0.255 e. The molecule has 0 bridgehead atoms. The number of methoxy groups -OCH3 is 3. The van der Waals surface area contributed by atoms with Crippen molar-refractivity contribution >= 4 is 5.91 Å². The van der Waals surface area contributed by atoms with Gasteiger partial charge in [0.15, 0.2) is 11.5 Å². The monoisotopic (exact) mass is 329 g/mol. The third-order valence-corrected chi connectivity index (χ3v) is 3.75. The summed E-state index contributed by atoms with van der Waals surface area (Å²) in [6, 6.07) is 11.3. The first-order chi connectivity index (χ1) is 11.6. The molecule has 0 atom stereocenters. The molecule has 0 aliphatic rings. The van der Waals surface area contributed by atoms with Gasteiger partial charge in [-0.1, -0.05) is 17.7 Å². The van der Waals surface area contributed by atoms with Crippen LogP contribution in [-0.2, 0) is 6.42 Å². The fraction of sp³-hybridized carbons (Fsp3) is 0.316. The first-order valence-electron chi connectivity index (χ1n) is 7.72. The summed E-state index contributed by atoms with van der Waals surface area (Å²) in [5.74, 6) is 1.80. The largest absolute Gasteiger partial charge is 0.496 e. The standard InChI is InChI=1S/C19H23NO4/c1-13-5-7-16(22-2)15(11-13)19(21)20-10-9-14-6-8-17(23-3)18(12-14)24-4/h5-8,11-12H,9-10H2,1-4H3,(H,20,21). The summed E-state index contributed by atoms with van der Waals surface area (Å²) < 4.78 is 15.8. The summed E-state index contributed by atoms with van der Waals surface area (Å²) >= 11 is 0. The van der Waals surface area contributed by atoms with Gasteiger partial charge in [0.1, 0.15) is 5.75 Å². The van der Waals surface area contributed by atoms with Crippen LogP contribution in [0, 0.1) is 6.92 Å². The fourth-order valence-corrected chi connectivity index (χ4v) is 2.45.